The monoisotopic (exact) mass is 198 g/mol. The lowest BCUT2D eigenvalue weighted by molar-refractivity contribution is -0.385. The number of aromatic nitrogens is 1. The van der Waals surface area contributed by atoms with Gasteiger partial charge in [0.05, 0.1) is 25.2 Å². The Labute approximate surface area is 80.6 Å². The first kappa shape index (κ1) is 10.2. The summed E-state index contributed by atoms with van der Waals surface area (Å²) >= 11 is 0. The zero-order valence-corrected chi connectivity index (χ0v) is 8.10. The Morgan fingerprint density at radius 2 is 2.07 bits per heavy atom. The van der Waals surface area contributed by atoms with Crippen LogP contribution in [0.2, 0.25) is 0 Å². The highest BCUT2D eigenvalue weighted by atomic mass is 16.6. The summed E-state index contributed by atoms with van der Waals surface area (Å²) < 4.78 is 9.78. The molecular weight excluding hydrogens is 188 g/mol. The number of ether oxygens (including phenoxy) is 2. The van der Waals surface area contributed by atoms with E-state index >= 15 is 0 Å². The van der Waals surface area contributed by atoms with Gasteiger partial charge in [0.1, 0.15) is 5.69 Å². The highest BCUT2D eigenvalue weighted by Crippen LogP contribution is 2.30. The smallest absolute Gasteiger partial charge is 0.294 e. The fraction of sp³-hybridized carbons (Fsp3) is 0.375. The molecule has 0 spiro atoms. The first-order chi connectivity index (χ1) is 6.60. The molecule has 0 aliphatic carbocycles. The third kappa shape index (κ3) is 1.73. The van der Waals surface area contributed by atoms with E-state index < -0.39 is 4.92 Å². The Balaban J connectivity index is 3.30. The Morgan fingerprint density at radius 1 is 1.43 bits per heavy atom. The van der Waals surface area contributed by atoms with E-state index in [-0.39, 0.29) is 17.3 Å². The normalized spacial score (nSPS) is 9.64. The van der Waals surface area contributed by atoms with E-state index in [4.69, 9.17) is 9.47 Å². The Bertz CT molecular complexity index is 365. The second-order valence-electron chi connectivity index (χ2n) is 2.56. The van der Waals surface area contributed by atoms with Gasteiger partial charge >= 0.3 is 0 Å². The van der Waals surface area contributed by atoms with Crippen molar-refractivity contribution < 1.29 is 14.4 Å². The van der Waals surface area contributed by atoms with Crippen molar-refractivity contribution in [3.05, 3.63) is 21.9 Å². The molecule has 0 radical (unpaired) electrons. The van der Waals surface area contributed by atoms with E-state index in [1.165, 1.54) is 20.3 Å². The van der Waals surface area contributed by atoms with Crippen molar-refractivity contribution in [3.63, 3.8) is 0 Å². The first-order valence-electron chi connectivity index (χ1n) is 3.84. The number of pyridine rings is 1. The molecule has 14 heavy (non-hydrogen) atoms. The summed E-state index contributed by atoms with van der Waals surface area (Å²) in [5, 5.41) is 10.6. The third-order valence-electron chi connectivity index (χ3n) is 1.73. The number of hydrogen-bond donors (Lipinski definition) is 0. The summed E-state index contributed by atoms with van der Waals surface area (Å²) in [5.41, 5.74) is 0.218. The van der Waals surface area contributed by atoms with Crippen molar-refractivity contribution in [1.29, 1.82) is 0 Å². The summed E-state index contributed by atoms with van der Waals surface area (Å²) in [6, 6.07) is 1.29. The zero-order valence-electron chi connectivity index (χ0n) is 8.10. The molecule has 0 N–H and O–H groups in total. The van der Waals surface area contributed by atoms with Gasteiger partial charge in [-0.1, -0.05) is 0 Å². The summed E-state index contributed by atoms with van der Waals surface area (Å²) in [6.07, 6.45) is 0. The van der Waals surface area contributed by atoms with Gasteiger partial charge < -0.3 is 9.47 Å². The van der Waals surface area contributed by atoms with Crippen LogP contribution in [-0.4, -0.2) is 24.1 Å². The molecule has 0 saturated heterocycles. The van der Waals surface area contributed by atoms with Crippen molar-refractivity contribution in [1.82, 2.24) is 4.98 Å². The lowest BCUT2D eigenvalue weighted by Gasteiger charge is -2.06. The Morgan fingerprint density at radius 3 is 2.50 bits per heavy atom. The van der Waals surface area contributed by atoms with Crippen LogP contribution in [-0.2, 0) is 0 Å². The molecule has 0 unspecified atom stereocenters. The van der Waals surface area contributed by atoms with Gasteiger partial charge in [0.15, 0.2) is 5.75 Å². The molecule has 1 aromatic rings. The number of hydrogen-bond acceptors (Lipinski definition) is 5. The Kier molecular flexibility index (Phi) is 2.85. The fourth-order valence-corrected chi connectivity index (χ4v) is 1.03. The summed E-state index contributed by atoms with van der Waals surface area (Å²) in [5.74, 6) is 0.500. The summed E-state index contributed by atoms with van der Waals surface area (Å²) in [7, 11) is 2.83. The molecule has 0 aliphatic heterocycles. The predicted octanol–water partition coefficient (Wildman–Crippen LogP) is 1.32. The molecule has 0 saturated carbocycles. The molecule has 0 amide bonds. The molecule has 0 fully saturated rings. The number of aryl methyl sites for hydroxylation is 1. The van der Waals surface area contributed by atoms with Crippen molar-refractivity contribution in [2.45, 2.75) is 6.92 Å². The van der Waals surface area contributed by atoms with E-state index in [2.05, 4.69) is 4.98 Å². The van der Waals surface area contributed by atoms with E-state index in [0.29, 0.717) is 5.69 Å². The molecule has 1 rings (SSSR count). The quantitative estimate of drug-likeness (QED) is 0.540. The number of nitro groups is 1. The Hall–Kier alpha value is -1.85. The first-order valence-corrected chi connectivity index (χ1v) is 3.84. The van der Waals surface area contributed by atoms with Gasteiger partial charge in [0, 0.05) is 0 Å². The van der Waals surface area contributed by atoms with Gasteiger partial charge in [-0.15, -0.1) is 0 Å². The molecule has 0 bridgehead atoms. The van der Waals surface area contributed by atoms with Gasteiger partial charge in [-0.3, -0.25) is 10.1 Å². The van der Waals surface area contributed by atoms with Crippen LogP contribution in [0.15, 0.2) is 6.07 Å². The van der Waals surface area contributed by atoms with Crippen LogP contribution in [0.3, 0.4) is 0 Å². The number of rotatable bonds is 3. The molecule has 6 nitrogen and oxygen atoms in total. The molecule has 1 aromatic heterocycles. The average molecular weight is 198 g/mol. The van der Waals surface area contributed by atoms with E-state index in [1.807, 2.05) is 0 Å². The topological polar surface area (TPSA) is 74.5 Å². The van der Waals surface area contributed by atoms with Crippen LogP contribution in [0.25, 0.3) is 0 Å². The third-order valence-corrected chi connectivity index (χ3v) is 1.73. The standard InChI is InChI=1S/C8H10N2O4/c1-5-6(10(11)12)4-7(13-2)8(9-5)14-3/h4H,1-3H3. The zero-order chi connectivity index (χ0) is 10.7. The van der Waals surface area contributed by atoms with Crippen molar-refractivity contribution in [2.24, 2.45) is 0 Å². The molecule has 0 atom stereocenters. The maximum Gasteiger partial charge on any atom is 0.294 e. The highest BCUT2D eigenvalue weighted by molar-refractivity contribution is 5.47. The number of methoxy groups -OCH3 is 2. The maximum absolute atomic E-state index is 10.6. The van der Waals surface area contributed by atoms with Crippen LogP contribution in [0.4, 0.5) is 5.69 Å². The van der Waals surface area contributed by atoms with Crippen LogP contribution < -0.4 is 9.47 Å². The molecule has 0 aromatic carbocycles. The second-order valence-corrected chi connectivity index (χ2v) is 2.56. The van der Waals surface area contributed by atoms with Crippen molar-refractivity contribution >= 4 is 5.69 Å². The SMILES string of the molecule is COc1cc([N+](=O)[O-])c(C)nc1OC. The lowest BCUT2D eigenvalue weighted by atomic mass is 10.3. The van der Waals surface area contributed by atoms with Crippen LogP contribution in [0.5, 0.6) is 11.6 Å². The minimum atomic E-state index is -0.510. The highest BCUT2D eigenvalue weighted by Gasteiger charge is 2.17. The van der Waals surface area contributed by atoms with E-state index in [1.54, 1.807) is 6.92 Å². The summed E-state index contributed by atoms with van der Waals surface area (Å²) in [4.78, 5) is 13.9. The molecule has 0 aliphatic rings. The molecule has 76 valence electrons. The minimum Gasteiger partial charge on any atom is -0.491 e. The maximum atomic E-state index is 10.6. The molecule has 1 heterocycles. The molecular formula is C8H10N2O4. The van der Waals surface area contributed by atoms with E-state index in [9.17, 15) is 10.1 Å². The second kappa shape index (κ2) is 3.91. The van der Waals surface area contributed by atoms with Gasteiger partial charge in [-0.05, 0) is 6.92 Å². The summed E-state index contributed by atoms with van der Waals surface area (Å²) in [6.45, 7) is 1.54. The molecule has 6 heteroatoms. The van der Waals surface area contributed by atoms with Crippen LogP contribution in [0.1, 0.15) is 5.69 Å². The van der Waals surface area contributed by atoms with Gasteiger partial charge in [0.2, 0.25) is 0 Å². The average Bonchev–Trinajstić information content (AvgIpc) is 2.16. The van der Waals surface area contributed by atoms with Crippen LogP contribution >= 0.6 is 0 Å². The predicted molar refractivity (Wildman–Crippen MR) is 48.7 cm³/mol. The van der Waals surface area contributed by atoms with E-state index in [0.717, 1.165) is 0 Å². The van der Waals surface area contributed by atoms with Gasteiger partial charge in [-0.25, -0.2) is 4.98 Å². The van der Waals surface area contributed by atoms with Crippen LogP contribution in [0, 0.1) is 17.0 Å². The van der Waals surface area contributed by atoms with Gasteiger partial charge in [0.25, 0.3) is 11.6 Å². The lowest BCUT2D eigenvalue weighted by Crippen LogP contribution is -1.99. The van der Waals surface area contributed by atoms with Crippen molar-refractivity contribution in [3.8, 4) is 11.6 Å². The van der Waals surface area contributed by atoms with Gasteiger partial charge in [-0.2, -0.15) is 0 Å². The number of nitrogens with zero attached hydrogens (tertiary/aromatic N) is 2. The minimum absolute atomic E-state index is 0.0809. The fourth-order valence-electron chi connectivity index (χ4n) is 1.03. The largest absolute Gasteiger partial charge is 0.491 e. The van der Waals surface area contributed by atoms with Crippen molar-refractivity contribution in [2.75, 3.05) is 14.2 Å².